The van der Waals surface area contributed by atoms with Gasteiger partial charge >= 0.3 is 0 Å². The van der Waals surface area contributed by atoms with Crippen molar-refractivity contribution in [2.45, 2.75) is 20.0 Å². The first-order valence-corrected chi connectivity index (χ1v) is 8.15. The Morgan fingerprint density at radius 3 is 2.40 bits per heavy atom. The molecule has 3 rings (SSSR count). The molecule has 0 atom stereocenters. The number of nitrogens with zero attached hydrogens (tertiary/aromatic N) is 2. The van der Waals surface area contributed by atoms with Crippen LogP contribution in [-0.2, 0) is 13.1 Å². The number of hydrogen-bond donors (Lipinski definition) is 2. The third-order valence-corrected chi connectivity index (χ3v) is 3.90. The molecule has 0 spiro atoms. The van der Waals surface area contributed by atoms with Crippen LogP contribution < -0.4 is 10.6 Å². The number of aromatic nitrogens is 2. The molecule has 1 aromatic heterocycles. The van der Waals surface area contributed by atoms with Crippen molar-refractivity contribution < 1.29 is 4.79 Å². The molecule has 0 unspecified atom stereocenters. The molecule has 1 heterocycles. The maximum Gasteiger partial charge on any atom is 0.271 e. The maximum atomic E-state index is 12.1. The number of benzene rings is 2. The summed E-state index contributed by atoms with van der Waals surface area (Å²) < 4.78 is 0. The highest BCUT2D eigenvalue weighted by Gasteiger charge is 2.08. The average Bonchev–Trinajstić information content (AvgIpc) is 2.67. The van der Waals surface area contributed by atoms with Crippen molar-refractivity contribution in [3.8, 4) is 0 Å². The quantitative estimate of drug-likeness (QED) is 0.726. The summed E-state index contributed by atoms with van der Waals surface area (Å²) in [7, 11) is 0. The molecule has 3 aromatic rings. The summed E-state index contributed by atoms with van der Waals surface area (Å²) in [5, 5.41) is 6.06. The van der Waals surface area contributed by atoms with Crippen LogP contribution in [0.25, 0.3) is 0 Å². The molecule has 0 radical (unpaired) electrons. The van der Waals surface area contributed by atoms with Crippen LogP contribution in [0.1, 0.15) is 27.2 Å². The summed E-state index contributed by atoms with van der Waals surface area (Å²) in [5.74, 6) is 0.407. The number of carbonyl (C=O) groups excluding carboxylic acids is 1. The molecule has 0 aliphatic heterocycles. The van der Waals surface area contributed by atoms with Gasteiger partial charge in [0.25, 0.3) is 5.91 Å². The van der Waals surface area contributed by atoms with Crippen LogP contribution in [0.2, 0.25) is 0 Å². The molecule has 0 saturated carbocycles. The van der Waals surface area contributed by atoms with E-state index in [1.54, 1.807) is 6.20 Å². The highest BCUT2D eigenvalue weighted by Crippen LogP contribution is 2.10. The minimum absolute atomic E-state index is 0.234. The number of amides is 1. The molecule has 0 saturated heterocycles. The highest BCUT2D eigenvalue weighted by atomic mass is 16.1. The van der Waals surface area contributed by atoms with E-state index in [1.165, 1.54) is 17.3 Å². The van der Waals surface area contributed by atoms with Crippen LogP contribution in [-0.4, -0.2) is 15.9 Å². The molecule has 1 amide bonds. The number of carbonyl (C=O) groups is 1. The van der Waals surface area contributed by atoms with E-state index in [1.807, 2.05) is 42.5 Å². The predicted molar refractivity (Wildman–Crippen MR) is 98.1 cm³/mol. The van der Waals surface area contributed by atoms with Gasteiger partial charge in [-0.1, -0.05) is 54.6 Å². The van der Waals surface area contributed by atoms with Crippen LogP contribution in [0.4, 0.5) is 5.82 Å². The molecule has 0 aliphatic carbocycles. The Balaban J connectivity index is 1.54. The summed E-state index contributed by atoms with van der Waals surface area (Å²) >= 11 is 0. The van der Waals surface area contributed by atoms with Gasteiger partial charge < -0.3 is 10.6 Å². The number of anilines is 1. The summed E-state index contributed by atoms with van der Waals surface area (Å²) in [5.41, 5.74) is 3.77. The first-order valence-electron chi connectivity index (χ1n) is 8.15. The van der Waals surface area contributed by atoms with Crippen molar-refractivity contribution in [3.05, 3.63) is 89.4 Å². The largest absolute Gasteiger partial charge is 0.365 e. The topological polar surface area (TPSA) is 66.9 Å². The van der Waals surface area contributed by atoms with Gasteiger partial charge in [-0.25, -0.2) is 9.97 Å². The fourth-order valence-corrected chi connectivity index (χ4v) is 2.40. The molecular formula is C20H20N4O. The molecule has 0 aliphatic rings. The van der Waals surface area contributed by atoms with Gasteiger partial charge in [-0.15, -0.1) is 0 Å². The van der Waals surface area contributed by atoms with E-state index in [2.05, 4.69) is 39.7 Å². The standard InChI is InChI=1S/C20H20N4O/c1-15-7-5-6-10-17(15)12-22-19-14-21-18(13-23-19)20(25)24-11-16-8-3-2-4-9-16/h2-10,13-14H,11-12H2,1H3,(H,22,23)(H,24,25). The maximum absolute atomic E-state index is 12.1. The summed E-state index contributed by atoms with van der Waals surface area (Å²) in [6.45, 7) is 3.21. The van der Waals surface area contributed by atoms with Crippen molar-refractivity contribution in [1.82, 2.24) is 15.3 Å². The van der Waals surface area contributed by atoms with Crippen LogP contribution in [0.5, 0.6) is 0 Å². The Morgan fingerprint density at radius 2 is 1.68 bits per heavy atom. The zero-order valence-corrected chi connectivity index (χ0v) is 14.1. The minimum Gasteiger partial charge on any atom is -0.365 e. The summed E-state index contributed by atoms with van der Waals surface area (Å²) in [6, 6.07) is 17.9. The molecule has 25 heavy (non-hydrogen) atoms. The summed E-state index contributed by atoms with van der Waals surface area (Å²) in [6.07, 6.45) is 3.07. The normalized spacial score (nSPS) is 10.3. The molecule has 2 N–H and O–H groups in total. The van der Waals surface area contributed by atoms with Crippen LogP contribution in [0.3, 0.4) is 0 Å². The van der Waals surface area contributed by atoms with Gasteiger partial charge in [0.1, 0.15) is 11.5 Å². The third-order valence-electron chi connectivity index (χ3n) is 3.90. The Bertz CT molecular complexity index is 832. The Hall–Kier alpha value is -3.21. The van der Waals surface area contributed by atoms with E-state index in [-0.39, 0.29) is 5.91 Å². The van der Waals surface area contributed by atoms with Gasteiger partial charge in [0, 0.05) is 13.1 Å². The number of nitrogens with one attached hydrogen (secondary N) is 2. The molecule has 126 valence electrons. The van der Waals surface area contributed by atoms with E-state index in [0.29, 0.717) is 24.6 Å². The molecule has 0 fully saturated rings. The lowest BCUT2D eigenvalue weighted by Gasteiger charge is -2.08. The third kappa shape index (κ3) is 4.64. The Morgan fingerprint density at radius 1 is 0.920 bits per heavy atom. The van der Waals surface area contributed by atoms with Crippen molar-refractivity contribution in [3.63, 3.8) is 0 Å². The zero-order valence-electron chi connectivity index (χ0n) is 14.1. The van der Waals surface area contributed by atoms with E-state index in [9.17, 15) is 4.79 Å². The fourth-order valence-electron chi connectivity index (χ4n) is 2.40. The first kappa shape index (κ1) is 16.6. The van der Waals surface area contributed by atoms with Gasteiger partial charge in [0.15, 0.2) is 0 Å². The second-order valence-corrected chi connectivity index (χ2v) is 5.74. The lowest BCUT2D eigenvalue weighted by atomic mass is 10.1. The Labute approximate surface area is 147 Å². The van der Waals surface area contributed by atoms with Gasteiger partial charge in [-0.3, -0.25) is 4.79 Å². The van der Waals surface area contributed by atoms with Crippen molar-refractivity contribution in [1.29, 1.82) is 0 Å². The second kappa shape index (κ2) is 8.06. The van der Waals surface area contributed by atoms with E-state index >= 15 is 0 Å². The number of rotatable bonds is 6. The fraction of sp³-hybridized carbons (Fsp3) is 0.150. The molecule has 5 heteroatoms. The number of aryl methyl sites for hydroxylation is 1. The van der Waals surface area contributed by atoms with Crippen LogP contribution >= 0.6 is 0 Å². The Kier molecular flexibility index (Phi) is 5.36. The smallest absolute Gasteiger partial charge is 0.271 e. The van der Waals surface area contributed by atoms with Gasteiger partial charge in [-0.2, -0.15) is 0 Å². The van der Waals surface area contributed by atoms with E-state index < -0.39 is 0 Å². The van der Waals surface area contributed by atoms with E-state index in [0.717, 1.165) is 5.56 Å². The van der Waals surface area contributed by atoms with Crippen molar-refractivity contribution >= 4 is 11.7 Å². The minimum atomic E-state index is -0.234. The van der Waals surface area contributed by atoms with Crippen LogP contribution in [0.15, 0.2) is 67.0 Å². The molecule has 2 aromatic carbocycles. The van der Waals surface area contributed by atoms with Crippen molar-refractivity contribution in [2.75, 3.05) is 5.32 Å². The van der Waals surface area contributed by atoms with Gasteiger partial charge in [0.05, 0.1) is 12.4 Å². The summed E-state index contributed by atoms with van der Waals surface area (Å²) in [4.78, 5) is 20.6. The predicted octanol–water partition coefficient (Wildman–Crippen LogP) is 3.33. The average molecular weight is 332 g/mol. The van der Waals surface area contributed by atoms with Crippen LogP contribution in [0, 0.1) is 6.92 Å². The monoisotopic (exact) mass is 332 g/mol. The lowest BCUT2D eigenvalue weighted by Crippen LogP contribution is -2.24. The first-order chi connectivity index (χ1) is 12.2. The van der Waals surface area contributed by atoms with E-state index in [4.69, 9.17) is 0 Å². The zero-order chi connectivity index (χ0) is 17.5. The van der Waals surface area contributed by atoms with Crippen molar-refractivity contribution in [2.24, 2.45) is 0 Å². The van der Waals surface area contributed by atoms with Gasteiger partial charge in [0.2, 0.25) is 0 Å². The lowest BCUT2D eigenvalue weighted by molar-refractivity contribution is 0.0945. The van der Waals surface area contributed by atoms with Gasteiger partial charge in [-0.05, 0) is 23.6 Å². The highest BCUT2D eigenvalue weighted by molar-refractivity contribution is 5.91. The number of hydrogen-bond acceptors (Lipinski definition) is 4. The SMILES string of the molecule is Cc1ccccc1CNc1cnc(C(=O)NCc2ccccc2)cn1. The molecule has 5 nitrogen and oxygen atoms in total. The molecule has 0 bridgehead atoms. The molecular weight excluding hydrogens is 312 g/mol. The second-order valence-electron chi connectivity index (χ2n) is 5.74.